The van der Waals surface area contributed by atoms with Gasteiger partial charge in [0.15, 0.2) is 0 Å². The summed E-state index contributed by atoms with van der Waals surface area (Å²) in [5.74, 6) is -2.62. The number of amides is 2. The van der Waals surface area contributed by atoms with Crippen molar-refractivity contribution in [2.24, 2.45) is 0 Å². The number of hydrogen-bond donors (Lipinski definition) is 3. The van der Waals surface area contributed by atoms with Crippen molar-refractivity contribution in [2.75, 3.05) is 26.7 Å². The molecule has 1 aliphatic heterocycles. The molecule has 0 saturated carbocycles. The van der Waals surface area contributed by atoms with E-state index in [-0.39, 0.29) is 6.04 Å². The molecule has 1 rings (SSSR count). The Morgan fingerprint density at radius 1 is 1.38 bits per heavy atom. The molecule has 3 N–H and O–H groups in total. The van der Waals surface area contributed by atoms with Crippen LogP contribution in [-0.2, 0) is 9.59 Å². The van der Waals surface area contributed by atoms with Crippen molar-refractivity contribution in [2.45, 2.75) is 38.3 Å². The Kier molecular flexibility index (Phi) is 6.41. The van der Waals surface area contributed by atoms with Crippen LogP contribution in [0.2, 0.25) is 0 Å². The maximum atomic E-state index is 12.0. The molecule has 0 aromatic rings. The molecule has 1 unspecified atom stereocenters. The number of nitrogens with zero attached hydrogens (tertiary/aromatic N) is 2. The number of nitrogens with one attached hydrogen (secondary N) is 1. The van der Waals surface area contributed by atoms with Gasteiger partial charge in [0.05, 0.1) is 6.42 Å². The number of carbonyl (C=O) groups is 3. The third-order valence-electron chi connectivity index (χ3n) is 3.71. The molecule has 120 valence electrons. The van der Waals surface area contributed by atoms with Gasteiger partial charge in [-0.05, 0) is 25.9 Å². The Balaban J connectivity index is 2.52. The van der Waals surface area contributed by atoms with Crippen molar-refractivity contribution < 1.29 is 24.6 Å². The lowest BCUT2D eigenvalue weighted by molar-refractivity contribution is -0.145. The van der Waals surface area contributed by atoms with E-state index < -0.39 is 30.4 Å². The summed E-state index contributed by atoms with van der Waals surface area (Å²) in [6.07, 6.45) is 1.45. The lowest BCUT2D eigenvalue weighted by Gasteiger charge is -2.28. The van der Waals surface area contributed by atoms with Gasteiger partial charge in [0.1, 0.15) is 6.04 Å². The molecule has 0 radical (unpaired) electrons. The first-order chi connectivity index (χ1) is 9.85. The quantitative estimate of drug-likeness (QED) is 0.612. The Labute approximate surface area is 123 Å². The second kappa shape index (κ2) is 7.82. The normalized spacial score (nSPS) is 20.0. The number of rotatable bonds is 7. The lowest BCUT2D eigenvalue weighted by atomic mass is 10.2. The van der Waals surface area contributed by atoms with E-state index in [2.05, 4.69) is 17.1 Å². The fourth-order valence-corrected chi connectivity index (χ4v) is 2.55. The van der Waals surface area contributed by atoms with E-state index in [1.807, 2.05) is 0 Å². The molecule has 0 aliphatic carbocycles. The summed E-state index contributed by atoms with van der Waals surface area (Å²) >= 11 is 0. The van der Waals surface area contributed by atoms with Crippen LogP contribution in [0.15, 0.2) is 0 Å². The lowest BCUT2D eigenvalue weighted by Crippen LogP contribution is -2.50. The van der Waals surface area contributed by atoms with E-state index in [1.165, 1.54) is 4.90 Å². The van der Waals surface area contributed by atoms with E-state index >= 15 is 0 Å². The van der Waals surface area contributed by atoms with Crippen LogP contribution in [0.4, 0.5) is 4.79 Å². The Morgan fingerprint density at radius 3 is 2.57 bits per heavy atom. The predicted molar refractivity (Wildman–Crippen MR) is 75.1 cm³/mol. The monoisotopic (exact) mass is 301 g/mol. The van der Waals surface area contributed by atoms with Gasteiger partial charge >= 0.3 is 18.0 Å². The molecule has 1 fully saturated rings. The number of urea groups is 1. The van der Waals surface area contributed by atoms with Gasteiger partial charge in [-0.1, -0.05) is 6.92 Å². The van der Waals surface area contributed by atoms with Crippen LogP contribution < -0.4 is 5.32 Å². The first-order valence-corrected chi connectivity index (χ1v) is 7.05. The number of likely N-dealkylation sites (tertiary alicyclic amines) is 1. The van der Waals surface area contributed by atoms with Gasteiger partial charge in [-0.15, -0.1) is 0 Å². The van der Waals surface area contributed by atoms with Crippen molar-refractivity contribution in [3.8, 4) is 0 Å². The van der Waals surface area contributed by atoms with E-state index in [9.17, 15) is 14.4 Å². The highest BCUT2D eigenvalue weighted by atomic mass is 16.4. The summed E-state index contributed by atoms with van der Waals surface area (Å²) in [6.45, 7) is 4.48. The van der Waals surface area contributed by atoms with Gasteiger partial charge in [0, 0.05) is 19.6 Å². The summed E-state index contributed by atoms with van der Waals surface area (Å²) in [5, 5.41) is 19.8. The van der Waals surface area contributed by atoms with Gasteiger partial charge in [-0.2, -0.15) is 0 Å². The Bertz CT molecular complexity index is 401. The van der Waals surface area contributed by atoms with Crippen LogP contribution in [0.3, 0.4) is 0 Å². The average Bonchev–Trinajstić information content (AvgIpc) is 2.84. The van der Waals surface area contributed by atoms with Crippen LogP contribution in [0.25, 0.3) is 0 Å². The van der Waals surface area contributed by atoms with Crippen LogP contribution in [0, 0.1) is 0 Å². The fourth-order valence-electron chi connectivity index (χ4n) is 2.55. The van der Waals surface area contributed by atoms with Crippen molar-refractivity contribution in [1.82, 2.24) is 15.1 Å². The molecule has 2 amide bonds. The molecule has 8 nitrogen and oxygen atoms in total. The van der Waals surface area contributed by atoms with E-state index in [1.54, 1.807) is 7.05 Å². The third kappa shape index (κ3) is 5.22. The smallest absolute Gasteiger partial charge is 0.326 e. The fraction of sp³-hybridized carbons (Fsp3) is 0.769. The molecule has 0 aromatic carbocycles. The van der Waals surface area contributed by atoms with Gasteiger partial charge in [0.25, 0.3) is 0 Å². The molecule has 1 saturated heterocycles. The Morgan fingerprint density at radius 2 is 2.05 bits per heavy atom. The van der Waals surface area contributed by atoms with Crippen molar-refractivity contribution in [1.29, 1.82) is 0 Å². The van der Waals surface area contributed by atoms with Gasteiger partial charge in [0.2, 0.25) is 0 Å². The zero-order chi connectivity index (χ0) is 16.0. The van der Waals surface area contributed by atoms with Crippen LogP contribution >= 0.6 is 0 Å². The standard InChI is InChI=1S/C13H23N3O5/c1-3-16-6-4-5-9(16)8-15(2)13(21)14-10(12(19)20)7-11(17)18/h9-10H,3-8H2,1-2H3,(H,14,21)(H,17,18)(H,19,20)/t9?,10-/m1/s1. The molecule has 21 heavy (non-hydrogen) atoms. The summed E-state index contributed by atoms with van der Waals surface area (Å²) in [4.78, 5) is 37.2. The second-order valence-corrected chi connectivity index (χ2v) is 5.24. The third-order valence-corrected chi connectivity index (χ3v) is 3.71. The van der Waals surface area contributed by atoms with Gasteiger partial charge < -0.3 is 20.4 Å². The number of hydrogen-bond acceptors (Lipinski definition) is 4. The van der Waals surface area contributed by atoms with Crippen LogP contribution in [-0.4, -0.2) is 76.7 Å². The molecule has 2 atom stereocenters. The summed E-state index contributed by atoms with van der Waals surface area (Å²) in [5.41, 5.74) is 0. The van der Waals surface area contributed by atoms with Gasteiger partial charge in [-0.25, -0.2) is 9.59 Å². The molecular formula is C13H23N3O5. The summed E-state index contributed by atoms with van der Waals surface area (Å²) < 4.78 is 0. The molecular weight excluding hydrogens is 278 g/mol. The van der Waals surface area contributed by atoms with Crippen molar-refractivity contribution in [3.05, 3.63) is 0 Å². The first kappa shape index (κ1) is 17.2. The summed E-state index contributed by atoms with van der Waals surface area (Å²) in [7, 11) is 1.58. The van der Waals surface area contributed by atoms with Crippen LogP contribution in [0.5, 0.6) is 0 Å². The maximum absolute atomic E-state index is 12.0. The minimum absolute atomic E-state index is 0.272. The first-order valence-electron chi connectivity index (χ1n) is 7.05. The number of likely N-dealkylation sites (N-methyl/N-ethyl adjacent to an activating group) is 2. The molecule has 1 aliphatic rings. The highest BCUT2D eigenvalue weighted by Gasteiger charge is 2.28. The molecule has 0 spiro atoms. The zero-order valence-corrected chi connectivity index (χ0v) is 12.4. The minimum atomic E-state index is -1.41. The average molecular weight is 301 g/mol. The van der Waals surface area contributed by atoms with Crippen molar-refractivity contribution >= 4 is 18.0 Å². The maximum Gasteiger partial charge on any atom is 0.326 e. The van der Waals surface area contributed by atoms with Crippen molar-refractivity contribution in [3.63, 3.8) is 0 Å². The van der Waals surface area contributed by atoms with E-state index in [0.717, 1.165) is 25.9 Å². The zero-order valence-electron chi connectivity index (χ0n) is 12.4. The highest BCUT2D eigenvalue weighted by molar-refractivity contribution is 5.86. The van der Waals surface area contributed by atoms with E-state index in [4.69, 9.17) is 10.2 Å². The predicted octanol–water partition coefficient (Wildman–Crippen LogP) is 0.0400. The number of aliphatic carboxylic acids is 2. The van der Waals surface area contributed by atoms with Crippen LogP contribution in [0.1, 0.15) is 26.2 Å². The molecule has 0 bridgehead atoms. The molecule has 1 heterocycles. The second-order valence-electron chi connectivity index (χ2n) is 5.24. The van der Waals surface area contributed by atoms with E-state index in [0.29, 0.717) is 6.54 Å². The molecule has 0 aromatic heterocycles. The Hall–Kier alpha value is -1.83. The number of carboxylic acid groups (broad SMARTS) is 2. The number of carboxylic acids is 2. The SMILES string of the molecule is CCN1CCCC1CN(C)C(=O)N[C@H](CC(=O)O)C(=O)O. The summed E-state index contributed by atoms with van der Waals surface area (Å²) in [6, 6.07) is -1.71. The number of carbonyl (C=O) groups excluding carboxylic acids is 1. The van der Waals surface area contributed by atoms with Gasteiger partial charge in [-0.3, -0.25) is 9.69 Å². The minimum Gasteiger partial charge on any atom is -0.481 e. The highest BCUT2D eigenvalue weighted by Crippen LogP contribution is 2.17. The topological polar surface area (TPSA) is 110 Å². The molecule has 8 heteroatoms. The largest absolute Gasteiger partial charge is 0.481 e.